The number of aryl methyl sites for hydroxylation is 2. The first-order valence-corrected chi connectivity index (χ1v) is 6.11. The van der Waals surface area contributed by atoms with Crippen LogP contribution in [0.3, 0.4) is 0 Å². The van der Waals surface area contributed by atoms with Gasteiger partial charge >= 0.3 is 7.25 Å². The number of aromatic nitrogens is 1. The number of nitrogens with zero attached hydrogens (tertiary/aromatic N) is 1. The molecule has 1 heterocycles. The molecular weight excluding hydrogens is 285 g/mol. The average Bonchev–Trinajstić information content (AvgIpc) is 2.38. The van der Waals surface area contributed by atoms with E-state index in [2.05, 4.69) is 0 Å². The maximum absolute atomic E-state index is 12.1. The molecule has 0 aliphatic carbocycles. The molecule has 112 valence electrons. The Balaban J connectivity index is 0.000000383. The van der Waals surface area contributed by atoms with Crippen LogP contribution in [-0.4, -0.2) is 13.0 Å². The van der Waals surface area contributed by atoms with Crippen molar-refractivity contribution < 1.29 is 26.6 Å². The van der Waals surface area contributed by atoms with Gasteiger partial charge in [0.15, 0.2) is 18.2 Å². The van der Waals surface area contributed by atoms with Crippen molar-refractivity contribution in [2.75, 3.05) is 0 Å². The second-order valence-corrected chi connectivity index (χ2v) is 4.44. The van der Waals surface area contributed by atoms with E-state index in [9.17, 15) is 22.1 Å². The van der Waals surface area contributed by atoms with Gasteiger partial charge in [-0.1, -0.05) is 29.8 Å². The summed E-state index contributed by atoms with van der Waals surface area (Å²) in [7, 11) is -4.07. The molecule has 2 aromatic rings. The predicted molar refractivity (Wildman–Crippen MR) is 72.4 cm³/mol. The van der Waals surface area contributed by atoms with Gasteiger partial charge in [-0.2, -0.15) is 0 Å². The summed E-state index contributed by atoms with van der Waals surface area (Å²) in [5.41, 5.74) is 2.62. The van der Waals surface area contributed by atoms with Gasteiger partial charge in [0, 0.05) is 23.3 Å². The standard InChI is InChI=1S/C14H14NO.BF4/c1-11-3-5-12(6-4-11)14(16)13-7-9-15(2)10-8-13;2-1(3,4)5/h3-10H,1-2H3;/q+1;-1. The second kappa shape index (κ2) is 7.01. The van der Waals surface area contributed by atoms with Crippen molar-refractivity contribution in [2.45, 2.75) is 6.92 Å². The van der Waals surface area contributed by atoms with Crippen LogP contribution < -0.4 is 4.57 Å². The van der Waals surface area contributed by atoms with E-state index >= 15 is 0 Å². The Morgan fingerprint density at radius 1 is 0.905 bits per heavy atom. The second-order valence-electron chi connectivity index (χ2n) is 4.44. The maximum atomic E-state index is 12.1. The zero-order chi connectivity index (χ0) is 16.0. The van der Waals surface area contributed by atoms with Crippen molar-refractivity contribution in [3.8, 4) is 0 Å². The Labute approximate surface area is 120 Å². The molecule has 0 fully saturated rings. The number of halogens is 4. The van der Waals surface area contributed by atoms with Gasteiger partial charge in [0.05, 0.1) is 0 Å². The van der Waals surface area contributed by atoms with Crippen LogP contribution in [0.1, 0.15) is 21.5 Å². The molecule has 2 nitrogen and oxygen atoms in total. The van der Waals surface area contributed by atoms with Crippen LogP contribution in [-0.2, 0) is 7.05 Å². The van der Waals surface area contributed by atoms with Crippen LogP contribution in [0.4, 0.5) is 17.3 Å². The number of carbonyl (C=O) groups is 1. The number of hydrogen-bond donors (Lipinski definition) is 0. The van der Waals surface area contributed by atoms with E-state index in [0.717, 1.165) is 16.7 Å². The van der Waals surface area contributed by atoms with Gasteiger partial charge in [-0.3, -0.25) is 4.79 Å². The molecule has 1 aromatic heterocycles. The number of rotatable bonds is 2. The van der Waals surface area contributed by atoms with Crippen LogP contribution in [0.5, 0.6) is 0 Å². The van der Waals surface area contributed by atoms with Gasteiger partial charge in [0.2, 0.25) is 0 Å². The summed E-state index contributed by atoms with van der Waals surface area (Å²) in [5.74, 6) is 0.0700. The van der Waals surface area contributed by atoms with Gasteiger partial charge in [0.25, 0.3) is 0 Å². The summed E-state index contributed by atoms with van der Waals surface area (Å²) in [6.07, 6.45) is 3.75. The first-order valence-electron chi connectivity index (χ1n) is 6.11. The average molecular weight is 299 g/mol. The Kier molecular flexibility index (Phi) is 5.64. The van der Waals surface area contributed by atoms with Crippen LogP contribution in [0.2, 0.25) is 0 Å². The van der Waals surface area contributed by atoms with Crippen molar-refractivity contribution in [3.05, 3.63) is 65.5 Å². The summed E-state index contributed by atoms with van der Waals surface area (Å²) in [5, 5.41) is 0. The highest BCUT2D eigenvalue weighted by atomic mass is 19.5. The fraction of sp³-hybridized carbons (Fsp3) is 0.143. The van der Waals surface area contributed by atoms with Crippen molar-refractivity contribution in [3.63, 3.8) is 0 Å². The highest BCUT2D eigenvalue weighted by molar-refractivity contribution is 6.50. The van der Waals surface area contributed by atoms with Gasteiger partial charge in [-0.05, 0) is 6.92 Å². The topological polar surface area (TPSA) is 20.9 Å². The van der Waals surface area contributed by atoms with Crippen molar-refractivity contribution in [2.24, 2.45) is 7.05 Å². The third kappa shape index (κ3) is 6.69. The molecule has 0 saturated carbocycles. The zero-order valence-electron chi connectivity index (χ0n) is 11.6. The van der Waals surface area contributed by atoms with E-state index in [4.69, 9.17) is 0 Å². The number of pyridine rings is 1. The van der Waals surface area contributed by atoms with Crippen LogP contribution >= 0.6 is 0 Å². The molecule has 0 N–H and O–H groups in total. The summed E-state index contributed by atoms with van der Waals surface area (Å²) in [6.45, 7) is 2.01. The molecule has 0 unspecified atom stereocenters. The maximum Gasteiger partial charge on any atom is 0.673 e. The number of carbonyl (C=O) groups excluding carboxylic acids is 1. The van der Waals surface area contributed by atoms with Gasteiger partial charge in [-0.15, -0.1) is 0 Å². The molecule has 0 amide bonds. The van der Waals surface area contributed by atoms with Crippen molar-refractivity contribution in [1.29, 1.82) is 0 Å². The molecule has 2 rings (SSSR count). The highest BCUT2D eigenvalue weighted by Gasteiger charge is 2.20. The third-order valence-electron chi connectivity index (χ3n) is 2.55. The van der Waals surface area contributed by atoms with E-state index in [1.54, 1.807) is 0 Å². The van der Waals surface area contributed by atoms with Crippen LogP contribution in [0.25, 0.3) is 0 Å². The third-order valence-corrected chi connectivity index (χ3v) is 2.55. The summed E-state index contributed by atoms with van der Waals surface area (Å²) in [4.78, 5) is 12.1. The molecule has 0 atom stereocenters. The van der Waals surface area contributed by atoms with E-state index in [0.29, 0.717) is 0 Å². The molecule has 0 aliphatic heterocycles. The molecule has 0 spiro atoms. The van der Waals surface area contributed by atoms with E-state index < -0.39 is 7.25 Å². The molecule has 7 heteroatoms. The van der Waals surface area contributed by atoms with E-state index in [1.165, 1.54) is 0 Å². The van der Waals surface area contributed by atoms with Crippen LogP contribution in [0.15, 0.2) is 48.8 Å². The van der Waals surface area contributed by atoms with Gasteiger partial charge in [-0.25, -0.2) is 4.57 Å². The fourth-order valence-electron chi connectivity index (χ4n) is 1.52. The lowest BCUT2D eigenvalue weighted by molar-refractivity contribution is -0.671. The minimum absolute atomic E-state index is 0.0700. The molecule has 0 saturated heterocycles. The molecular formula is C14H14BF4NO. The number of ketones is 1. The monoisotopic (exact) mass is 299 g/mol. The van der Waals surface area contributed by atoms with Crippen molar-refractivity contribution in [1.82, 2.24) is 0 Å². The Bertz CT molecular complexity index is 540. The Hall–Kier alpha value is -2.18. The van der Waals surface area contributed by atoms with Crippen LogP contribution in [0, 0.1) is 6.92 Å². The summed E-state index contributed by atoms with van der Waals surface area (Å²) in [6, 6.07) is 11.3. The van der Waals surface area contributed by atoms with Gasteiger partial charge in [0.1, 0.15) is 7.05 Å². The quantitative estimate of drug-likeness (QED) is 0.360. The normalized spacial score (nSPS) is 10.6. The summed E-state index contributed by atoms with van der Waals surface area (Å²) < 4.78 is 40.9. The minimum Gasteiger partial charge on any atom is -0.418 e. The lowest BCUT2D eigenvalue weighted by Crippen LogP contribution is -2.26. The van der Waals surface area contributed by atoms with E-state index in [1.807, 2.05) is 67.3 Å². The molecule has 0 aliphatic rings. The number of hydrogen-bond acceptors (Lipinski definition) is 1. The molecule has 1 aromatic carbocycles. The molecule has 21 heavy (non-hydrogen) atoms. The number of benzene rings is 1. The first kappa shape index (κ1) is 16.9. The predicted octanol–water partition coefficient (Wildman–Crippen LogP) is 3.35. The Morgan fingerprint density at radius 2 is 1.29 bits per heavy atom. The Morgan fingerprint density at radius 3 is 1.71 bits per heavy atom. The SMILES string of the molecule is Cc1ccc(C(=O)c2cc[n+](C)cc2)cc1.F[B-](F)(F)F. The lowest BCUT2D eigenvalue weighted by Gasteiger charge is -2.00. The highest BCUT2D eigenvalue weighted by Crippen LogP contribution is 2.09. The molecule has 0 radical (unpaired) electrons. The lowest BCUT2D eigenvalue weighted by atomic mass is 10.0. The molecule has 0 bridgehead atoms. The first-order chi connectivity index (χ1) is 9.66. The summed E-state index contributed by atoms with van der Waals surface area (Å²) >= 11 is 0. The fourth-order valence-corrected chi connectivity index (χ4v) is 1.52. The zero-order valence-corrected chi connectivity index (χ0v) is 11.6. The van der Waals surface area contributed by atoms with Gasteiger partial charge < -0.3 is 17.3 Å². The minimum atomic E-state index is -6.00. The smallest absolute Gasteiger partial charge is 0.418 e. The largest absolute Gasteiger partial charge is 0.673 e. The van der Waals surface area contributed by atoms with E-state index in [-0.39, 0.29) is 5.78 Å². The van der Waals surface area contributed by atoms with Crippen molar-refractivity contribution >= 4 is 13.0 Å².